The molecule has 0 spiro atoms. The van der Waals surface area contributed by atoms with Crippen LogP contribution in [0.15, 0.2) is 42.0 Å². The summed E-state index contributed by atoms with van der Waals surface area (Å²) in [5.74, 6) is 1.56. The van der Waals surface area contributed by atoms with Gasteiger partial charge in [0.2, 0.25) is 0 Å². The molecule has 0 unspecified atom stereocenters. The molecule has 0 fully saturated rings. The molecule has 0 bridgehead atoms. The van der Waals surface area contributed by atoms with E-state index >= 15 is 0 Å². The molecule has 0 aromatic heterocycles. The van der Waals surface area contributed by atoms with Gasteiger partial charge in [-0.1, -0.05) is 43.3 Å². The smallest absolute Gasteiger partial charge is 0.278 e. The molecule has 2 aromatic carbocycles. The first kappa shape index (κ1) is 13.4. The predicted molar refractivity (Wildman–Crippen MR) is 91.2 cm³/mol. The van der Waals surface area contributed by atoms with Crippen molar-refractivity contribution in [2.45, 2.75) is 32.6 Å². The van der Waals surface area contributed by atoms with Crippen LogP contribution < -0.4 is 0 Å². The van der Waals surface area contributed by atoms with Gasteiger partial charge in [0, 0.05) is 6.42 Å². The third-order valence-corrected chi connectivity index (χ3v) is 4.68. The maximum absolute atomic E-state index is 10.2. The molecule has 0 heterocycles. The summed E-state index contributed by atoms with van der Waals surface area (Å²) in [4.78, 5) is 10.2. The van der Waals surface area contributed by atoms with Gasteiger partial charge in [0.05, 0.1) is 24.0 Å². The second-order valence-corrected chi connectivity index (χ2v) is 6.06. The van der Waals surface area contributed by atoms with Crippen LogP contribution in [0.25, 0.3) is 16.3 Å². The zero-order valence-corrected chi connectivity index (χ0v) is 12.9. The normalized spacial score (nSPS) is 19.0. The highest BCUT2D eigenvalue weighted by Crippen LogP contribution is 2.42. The van der Waals surface area contributed by atoms with Crippen molar-refractivity contribution in [3.05, 3.63) is 53.1 Å². The molecule has 0 saturated carbocycles. The van der Waals surface area contributed by atoms with Crippen molar-refractivity contribution in [1.29, 1.82) is 0 Å². The van der Waals surface area contributed by atoms with Gasteiger partial charge in [0.15, 0.2) is 0 Å². The summed E-state index contributed by atoms with van der Waals surface area (Å²) in [6, 6.07) is 12.9. The third kappa shape index (κ3) is 1.94. The van der Waals surface area contributed by atoms with E-state index < -0.39 is 0 Å². The number of allylic oxidation sites excluding steroid dienone is 2. The zero-order valence-electron chi connectivity index (χ0n) is 12.9. The second kappa shape index (κ2) is 5.20. The number of hydrogen-bond donors (Lipinski definition) is 0. The van der Waals surface area contributed by atoms with E-state index in [9.17, 15) is 4.79 Å². The summed E-state index contributed by atoms with van der Waals surface area (Å²) in [6.45, 7) is 2.85. The van der Waals surface area contributed by atoms with Crippen molar-refractivity contribution in [3.63, 3.8) is 0 Å². The van der Waals surface area contributed by atoms with Crippen molar-refractivity contribution in [3.8, 4) is 0 Å². The largest absolute Gasteiger partial charge is 0.332 e. The monoisotopic (exact) mass is 292 g/mol. The minimum absolute atomic E-state index is 0.548. The molecular formula is C20H20O2+2. The molecule has 0 amide bonds. The quantitative estimate of drug-likeness (QED) is 0.732. The minimum Gasteiger partial charge on any atom is -0.278 e. The van der Waals surface area contributed by atoms with E-state index in [-0.39, 0.29) is 0 Å². The Morgan fingerprint density at radius 2 is 1.91 bits per heavy atom. The molecule has 22 heavy (non-hydrogen) atoms. The molecule has 2 aliphatic rings. The Balaban J connectivity index is 2.02. The standard InChI is InChI=1S/C20H19O2/c1-2-11-22-19-12-17-15(9-10-18(17)21)16-8-7-13-5-3-4-6-14(13)20(16)19/h3-8H,2,9-12H2,1H3/q+1/p+1. The maximum atomic E-state index is 10.2. The summed E-state index contributed by atoms with van der Waals surface area (Å²) in [5, 5.41) is 2.50. The summed E-state index contributed by atoms with van der Waals surface area (Å²) in [5.41, 5.74) is 4.88. The Labute approximate surface area is 130 Å². The number of carbonyl (C=O) groups excluding carboxylic acids is 2. The average molecular weight is 292 g/mol. The Kier molecular flexibility index (Phi) is 3.18. The molecule has 110 valence electrons. The van der Waals surface area contributed by atoms with Crippen LogP contribution in [-0.2, 0) is 0 Å². The van der Waals surface area contributed by atoms with E-state index in [0.717, 1.165) is 43.6 Å². The van der Waals surface area contributed by atoms with E-state index in [0.29, 0.717) is 5.78 Å². The number of benzene rings is 2. The molecule has 2 aliphatic carbocycles. The lowest BCUT2D eigenvalue weighted by Gasteiger charge is -2.16. The summed E-state index contributed by atoms with van der Waals surface area (Å²) in [6.07, 6.45) is 3.42. The average Bonchev–Trinajstić information content (AvgIpc) is 2.93. The van der Waals surface area contributed by atoms with Crippen LogP contribution in [0.3, 0.4) is 0 Å². The van der Waals surface area contributed by atoms with Gasteiger partial charge >= 0.3 is 11.6 Å². The minimum atomic E-state index is 0.548. The number of fused-ring (bicyclic) bond motifs is 4. The molecule has 0 aliphatic heterocycles. The highest BCUT2D eigenvalue weighted by atomic mass is 16.4. The van der Waals surface area contributed by atoms with Gasteiger partial charge in [-0.25, -0.2) is 0 Å². The fourth-order valence-corrected chi connectivity index (χ4v) is 3.65. The fourth-order valence-electron chi connectivity index (χ4n) is 3.65. The molecule has 0 radical (unpaired) electrons. The molecule has 0 saturated heterocycles. The Hall–Kier alpha value is -2.22. The van der Waals surface area contributed by atoms with Gasteiger partial charge in [-0.3, -0.25) is 9.22 Å². The topological polar surface area (TPSA) is 32.7 Å². The fraction of sp³-hybridized carbons (Fsp3) is 0.300. The van der Waals surface area contributed by atoms with Crippen molar-refractivity contribution in [2.24, 2.45) is 0 Å². The second-order valence-electron chi connectivity index (χ2n) is 6.06. The van der Waals surface area contributed by atoms with Crippen molar-refractivity contribution in [2.75, 3.05) is 6.61 Å². The zero-order chi connectivity index (χ0) is 15.1. The van der Waals surface area contributed by atoms with Crippen LogP contribution in [0.2, 0.25) is 0 Å². The van der Waals surface area contributed by atoms with Crippen LogP contribution in [0.4, 0.5) is 0 Å². The van der Waals surface area contributed by atoms with Crippen molar-refractivity contribution in [1.82, 2.24) is 0 Å². The van der Waals surface area contributed by atoms with Crippen LogP contribution in [0.1, 0.15) is 48.2 Å². The lowest BCUT2D eigenvalue weighted by molar-refractivity contribution is -0.270. The molecule has 1 N–H and O–H groups in total. The van der Waals surface area contributed by atoms with Gasteiger partial charge in [-0.2, -0.15) is 0 Å². The highest BCUT2D eigenvalue weighted by molar-refractivity contribution is 6.22. The summed E-state index contributed by atoms with van der Waals surface area (Å²) in [7, 11) is 0. The molecular weight excluding hydrogens is 272 g/mol. The van der Waals surface area contributed by atoms with Gasteiger partial charge in [0.1, 0.15) is 0 Å². The van der Waals surface area contributed by atoms with Gasteiger partial charge in [-0.05, 0) is 28.3 Å². The first-order valence-corrected chi connectivity index (χ1v) is 8.08. The molecule has 2 aromatic rings. The number of ketones is 2. The number of hydrogen-bond acceptors (Lipinski definition) is 0. The van der Waals surface area contributed by atoms with Gasteiger partial charge in [0.25, 0.3) is 6.61 Å². The maximum Gasteiger partial charge on any atom is 0.332 e. The molecule has 2 nitrogen and oxygen atoms in total. The molecule has 0 atom stereocenters. The van der Waals surface area contributed by atoms with Crippen LogP contribution in [0, 0.1) is 0 Å². The van der Waals surface area contributed by atoms with Crippen LogP contribution in [-0.4, -0.2) is 23.0 Å². The lowest BCUT2D eigenvalue weighted by Crippen LogP contribution is -2.15. The van der Waals surface area contributed by atoms with E-state index in [1.54, 1.807) is 0 Å². The molecule has 4 rings (SSSR count). The van der Waals surface area contributed by atoms with Crippen LogP contribution in [0.5, 0.6) is 0 Å². The van der Waals surface area contributed by atoms with Gasteiger partial charge < -0.3 is 0 Å². The van der Waals surface area contributed by atoms with Gasteiger partial charge in [-0.15, -0.1) is 0 Å². The molecule has 2 heteroatoms. The predicted octanol–water partition coefficient (Wildman–Crippen LogP) is 4.46. The Morgan fingerprint density at radius 3 is 2.77 bits per heavy atom. The Morgan fingerprint density at radius 1 is 1.05 bits per heavy atom. The Bertz CT molecular complexity index is 840. The number of rotatable bonds is 2. The first-order chi connectivity index (χ1) is 10.8. The summed E-state index contributed by atoms with van der Waals surface area (Å²) >= 11 is 0. The van der Waals surface area contributed by atoms with E-state index in [1.165, 1.54) is 27.5 Å². The highest BCUT2D eigenvalue weighted by Gasteiger charge is 2.40. The van der Waals surface area contributed by atoms with E-state index in [2.05, 4.69) is 43.3 Å². The lowest BCUT2D eigenvalue weighted by atomic mass is 9.83. The van der Waals surface area contributed by atoms with Crippen molar-refractivity contribution >= 4 is 27.9 Å². The summed E-state index contributed by atoms with van der Waals surface area (Å²) < 4.78 is 6.08. The van der Waals surface area contributed by atoms with Crippen molar-refractivity contribution < 1.29 is 9.22 Å². The van der Waals surface area contributed by atoms with E-state index in [1.807, 2.05) is 0 Å². The third-order valence-electron chi connectivity index (χ3n) is 4.68. The van der Waals surface area contributed by atoms with E-state index in [4.69, 9.17) is 4.42 Å². The van der Waals surface area contributed by atoms with Crippen LogP contribution >= 0.6 is 0 Å². The first-order valence-electron chi connectivity index (χ1n) is 8.08. The SMILES string of the molecule is CCC[O+]=C1CC2=C(CCC2=[OH+])c2ccc3ccccc3c21.